The van der Waals surface area contributed by atoms with Gasteiger partial charge >= 0.3 is 6.09 Å². The minimum absolute atomic E-state index is 0.0387. The Morgan fingerprint density at radius 1 is 0.940 bits per heavy atom. The van der Waals surface area contributed by atoms with E-state index in [9.17, 15) is 13.2 Å². The van der Waals surface area contributed by atoms with Crippen LogP contribution in [0.1, 0.15) is 43.9 Å². The number of piperidine rings is 1. The number of sulfone groups is 1. The average molecular weight is 694 g/mol. The van der Waals surface area contributed by atoms with E-state index in [1.807, 2.05) is 93.6 Å². The van der Waals surface area contributed by atoms with Crippen LogP contribution in [0.5, 0.6) is 11.6 Å². The van der Waals surface area contributed by atoms with Gasteiger partial charge < -0.3 is 19.7 Å². The molecule has 10 nitrogen and oxygen atoms in total. The number of hydrogen-bond acceptors (Lipinski definition) is 9. The highest BCUT2D eigenvalue weighted by Crippen LogP contribution is 2.38. The fourth-order valence-electron chi connectivity index (χ4n) is 6.51. The largest absolute Gasteiger partial charge is 0.445 e. The molecule has 11 heteroatoms. The van der Waals surface area contributed by atoms with Crippen molar-refractivity contribution in [3.63, 3.8) is 0 Å². The molecule has 3 aromatic carbocycles. The van der Waals surface area contributed by atoms with E-state index in [1.54, 1.807) is 23.4 Å². The molecule has 260 valence electrons. The number of likely N-dealkylation sites (tertiary alicyclic amines) is 1. The maximum atomic E-state index is 13.0. The topological polar surface area (TPSA) is 124 Å². The van der Waals surface area contributed by atoms with Crippen molar-refractivity contribution >= 4 is 32.7 Å². The molecule has 2 atom stereocenters. The third kappa shape index (κ3) is 8.57. The number of fused-ring (bicyclic) bond motifs is 1. The summed E-state index contributed by atoms with van der Waals surface area (Å²) in [6.07, 6.45) is 3.86. The van der Waals surface area contributed by atoms with Crippen molar-refractivity contribution in [3.8, 4) is 22.9 Å². The molecule has 50 heavy (non-hydrogen) atoms. The lowest BCUT2D eigenvalue weighted by atomic mass is 9.96. The Bertz CT molecular complexity index is 2070. The second-order valence-corrected chi connectivity index (χ2v) is 15.6. The van der Waals surface area contributed by atoms with Gasteiger partial charge in [-0.05, 0) is 65.5 Å². The molecular weight excluding hydrogens is 651 g/mol. The van der Waals surface area contributed by atoms with E-state index in [0.717, 1.165) is 33.9 Å². The van der Waals surface area contributed by atoms with E-state index < -0.39 is 9.84 Å². The molecular formula is C39H43N5O5S. The number of anilines is 1. The first-order chi connectivity index (χ1) is 24.0. The van der Waals surface area contributed by atoms with E-state index >= 15 is 0 Å². The van der Waals surface area contributed by atoms with E-state index in [4.69, 9.17) is 14.5 Å². The van der Waals surface area contributed by atoms with Gasteiger partial charge in [-0.15, -0.1) is 0 Å². The van der Waals surface area contributed by atoms with Crippen LogP contribution in [0.2, 0.25) is 0 Å². The summed E-state index contributed by atoms with van der Waals surface area (Å²) in [4.78, 5) is 28.6. The van der Waals surface area contributed by atoms with Crippen LogP contribution >= 0.6 is 0 Å². The average Bonchev–Trinajstić information content (AvgIpc) is 3.08. The van der Waals surface area contributed by atoms with Crippen LogP contribution in [0.3, 0.4) is 0 Å². The zero-order chi connectivity index (χ0) is 35.3. The molecule has 1 amide bonds. The fourth-order valence-corrected chi connectivity index (χ4v) is 8.37. The van der Waals surface area contributed by atoms with Crippen LogP contribution in [0, 0.1) is 18.8 Å². The molecule has 1 fully saturated rings. The highest BCUT2D eigenvalue weighted by Gasteiger charge is 2.29. The number of ether oxygens (including phenoxy) is 2. The third-order valence-corrected chi connectivity index (χ3v) is 10.5. The predicted molar refractivity (Wildman–Crippen MR) is 196 cm³/mol. The number of aromatic nitrogens is 3. The summed E-state index contributed by atoms with van der Waals surface area (Å²) < 4.78 is 38.0. The number of hydrogen-bond donors (Lipinski definition) is 1. The summed E-state index contributed by atoms with van der Waals surface area (Å²) in [7, 11) is -3.29. The Labute approximate surface area is 293 Å². The van der Waals surface area contributed by atoms with Gasteiger partial charge in [0.2, 0.25) is 11.8 Å². The Balaban J connectivity index is 1.21. The molecule has 3 heterocycles. The number of pyridine rings is 1. The molecule has 2 aromatic heterocycles. The predicted octanol–water partition coefficient (Wildman–Crippen LogP) is 7.82. The lowest BCUT2D eigenvalue weighted by Crippen LogP contribution is -2.48. The van der Waals surface area contributed by atoms with E-state index in [1.165, 1.54) is 0 Å². The van der Waals surface area contributed by atoms with Crippen LogP contribution < -0.4 is 10.1 Å². The number of amides is 1. The molecule has 0 unspecified atom stereocenters. The van der Waals surface area contributed by atoms with Crippen molar-refractivity contribution in [2.45, 2.75) is 52.5 Å². The lowest BCUT2D eigenvalue weighted by Gasteiger charge is -2.36. The SMILES string of the molecule is Cc1ccc2c(CS(=O)(=O)CC(C)C)cccc2c1Oc1ncccc1-c1ccnc(N[C@H]2C[C@@H](C)CN(C(=O)OCc3ccccc3)C2)n1. The smallest absolute Gasteiger partial charge is 0.410 e. The summed E-state index contributed by atoms with van der Waals surface area (Å²) in [5, 5.41) is 5.07. The van der Waals surface area contributed by atoms with Crippen molar-refractivity contribution in [3.05, 3.63) is 108 Å². The maximum absolute atomic E-state index is 13.0. The lowest BCUT2D eigenvalue weighted by molar-refractivity contribution is 0.0783. The second kappa shape index (κ2) is 15.2. The molecule has 0 saturated carbocycles. The number of carbonyl (C=O) groups is 1. The fraction of sp³-hybridized carbons (Fsp3) is 0.333. The van der Waals surface area contributed by atoms with Gasteiger partial charge in [-0.25, -0.2) is 28.2 Å². The molecule has 1 aliphatic heterocycles. The minimum atomic E-state index is -3.29. The third-order valence-electron chi connectivity index (χ3n) is 8.62. The van der Waals surface area contributed by atoms with Crippen LogP contribution in [0.15, 0.2) is 91.3 Å². The standard InChI is InChI=1S/C39H43N5O5S/c1-26(2)24-50(46,47)25-30-12-8-13-33-32(30)16-15-28(4)36(33)49-37-34(14-9-18-40-37)35-17-19-41-38(43-35)42-31-20-27(3)21-44(22-31)39(45)48-23-29-10-6-5-7-11-29/h5-19,26-27,31H,20-25H2,1-4H3,(H,41,42,43)/t27-,31+/m1/s1. The molecule has 0 aliphatic carbocycles. The number of nitrogens with one attached hydrogen (secondary N) is 1. The van der Waals surface area contributed by atoms with E-state index in [-0.39, 0.29) is 42.1 Å². The Morgan fingerprint density at radius 2 is 1.76 bits per heavy atom. The first-order valence-corrected chi connectivity index (χ1v) is 18.8. The summed E-state index contributed by atoms with van der Waals surface area (Å²) in [5.41, 5.74) is 3.86. The number of nitrogens with zero attached hydrogens (tertiary/aromatic N) is 4. The zero-order valence-corrected chi connectivity index (χ0v) is 29.7. The monoisotopic (exact) mass is 693 g/mol. The quantitative estimate of drug-likeness (QED) is 0.147. The van der Waals surface area contributed by atoms with Gasteiger partial charge in [0.1, 0.15) is 12.4 Å². The highest BCUT2D eigenvalue weighted by molar-refractivity contribution is 7.90. The second-order valence-electron chi connectivity index (χ2n) is 13.5. The number of rotatable bonds is 11. The van der Waals surface area contributed by atoms with Crippen LogP contribution in [-0.2, 0) is 26.9 Å². The normalized spacial score (nSPS) is 16.4. The van der Waals surface area contributed by atoms with Gasteiger partial charge in [-0.3, -0.25) is 0 Å². The van der Waals surface area contributed by atoms with Crippen molar-refractivity contribution in [2.75, 3.05) is 24.2 Å². The Kier molecular flexibility index (Phi) is 10.6. The highest BCUT2D eigenvalue weighted by atomic mass is 32.2. The number of benzene rings is 3. The van der Waals surface area contributed by atoms with E-state index in [2.05, 4.69) is 22.2 Å². The first kappa shape index (κ1) is 34.8. The van der Waals surface area contributed by atoms with Crippen molar-refractivity contribution in [1.82, 2.24) is 19.9 Å². The first-order valence-electron chi connectivity index (χ1n) is 16.9. The zero-order valence-electron chi connectivity index (χ0n) is 28.9. The molecule has 0 spiro atoms. The maximum Gasteiger partial charge on any atom is 0.410 e. The van der Waals surface area contributed by atoms with Gasteiger partial charge in [0.05, 0.1) is 22.8 Å². The van der Waals surface area contributed by atoms with Gasteiger partial charge in [-0.1, -0.05) is 81.4 Å². The summed E-state index contributed by atoms with van der Waals surface area (Å²) in [6.45, 7) is 9.20. The number of aryl methyl sites for hydroxylation is 1. The summed E-state index contributed by atoms with van der Waals surface area (Å²) >= 11 is 0. The Hall–Kier alpha value is -5.03. The van der Waals surface area contributed by atoms with Gasteiger partial charge in [-0.2, -0.15) is 0 Å². The minimum Gasteiger partial charge on any atom is -0.445 e. The van der Waals surface area contributed by atoms with Gasteiger partial charge in [0.15, 0.2) is 9.84 Å². The summed E-state index contributed by atoms with van der Waals surface area (Å²) in [6, 6.07) is 24.7. The van der Waals surface area contributed by atoms with Gasteiger partial charge in [0.25, 0.3) is 0 Å². The Morgan fingerprint density at radius 3 is 2.56 bits per heavy atom. The molecule has 1 saturated heterocycles. The molecule has 0 radical (unpaired) electrons. The van der Waals surface area contributed by atoms with Crippen molar-refractivity contribution in [2.24, 2.45) is 11.8 Å². The van der Waals surface area contributed by atoms with Crippen molar-refractivity contribution < 1.29 is 22.7 Å². The molecule has 6 rings (SSSR count). The van der Waals surface area contributed by atoms with Crippen molar-refractivity contribution in [1.29, 1.82) is 0 Å². The van der Waals surface area contributed by atoms with Crippen LogP contribution in [0.4, 0.5) is 10.7 Å². The van der Waals surface area contributed by atoms with E-state index in [0.29, 0.717) is 41.9 Å². The van der Waals surface area contributed by atoms with Gasteiger partial charge in [0, 0.05) is 36.9 Å². The molecule has 5 aromatic rings. The molecule has 1 aliphatic rings. The number of carbonyl (C=O) groups excluding carboxylic acids is 1. The molecule has 1 N–H and O–H groups in total. The van der Waals surface area contributed by atoms with Crippen LogP contribution in [-0.4, -0.2) is 59.2 Å². The summed E-state index contributed by atoms with van der Waals surface area (Å²) in [5.74, 6) is 1.80. The molecule has 0 bridgehead atoms. The van der Waals surface area contributed by atoms with Crippen LogP contribution in [0.25, 0.3) is 22.0 Å².